The summed E-state index contributed by atoms with van der Waals surface area (Å²) >= 11 is 0. The van der Waals surface area contributed by atoms with Crippen molar-refractivity contribution in [3.63, 3.8) is 0 Å². The molecule has 1 heterocycles. The highest BCUT2D eigenvalue weighted by Gasteiger charge is 2.27. The van der Waals surface area contributed by atoms with Gasteiger partial charge in [0.1, 0.15) is 11.6 Å². The van der Waals surface area contributed by atoms with E-state index in [-0.39, 0.29) is 17.9 Å². The lowest BCUT2D eigenvalue weighted by atomic mass is 10.1. The Bertz CT molecular complexity index is 379. The monoisotopic (exact) mass is 223 g/mol. The maximum Gasteiger partial charge on any atom is 0.228 e. The van der Waals surface area contributed by atoms with E-state index in [0.29, 0.717) is 12.2 Å². The number of amides is 1. The third-order valence-electron chi connectivity index (χ3n) is 2.82. The van der Waals surface area contributed by atoms with Crippen molar-refractivity contribution in [2.24, 2.45) is 11.7 Å². The van der Waals surface area contributed by atoms with Crippen molar-refractivity contribution in [3.05, 3.63) is 24.1 Å². The van der Waals surface area contributed by atoms with Gasteiger partial charge in [-0.05, 0) is 31.4 Å². The van der Waals surface area contributed by atoms with Gasteiger partial charge in [0.25, 0.3) is 0 Å². The van der Waals surface area contributed by atoms with Gasteiger partial charge in [0.2, 0.25) is 5.91 Å². The first kappa shape index (κ1) is 11.0. The summed E-state index contributed by atoms with van der Waals surface area (Å²) in [5.74, 6) is -0.151. The van der Waals surface area contributed by atoms with Gasteiger partial charge in [-0.25, -0.2) is 9.37 Å². The van der Waals surface area contributed by atoms with Gasteiger partial charge in [-0.15, -0.1) is 0 Å². The molecule has 1 saturated carbocycles. The maximum absolute atomic E-state index is 12.6. The number of anilines is 1. The van der Waals surface area contributed by atoms with Crippen molar-refractivity contribution in [1.82, 2.24) is 4.98 Å². The number of hydrogen-bond acceptors (Lipinski definition) is 3. The first-order chi connectivity index (χ1) is 7.65. The zero-order valence-corrected chi connectivity index (χ0v) is 8.82. The molecule has 1 aliphatic rings. The summed E-state index contributed by atoms with van der Waals surface area (Å²) in [4.78, 5) is 15.5. The molecule has 0 aliphatic heterocycles. The van der Waals surface area contributed by atoms with Crippen molar-refractivity contribution in [2.75, 3.05) is 5.32 Å². The molecular formula is C11H14FN3O. The van der Waals surface area contributed by atoms with Crippen LogP contribution in [0.5, 0.6) is 0 Å². The normalized spacial score (nSPS) is 24.4. The van der Waals surface area contributed by atoms with E-state index in [4.69, 9.17) is 5.73 Å². The van der Waals surface area contributed by atoms with Gasteiger partial charge < -0.3 is 11.1 Å². The van der Waals surface area contributed by atoms with E-state index in [2.05, 4.69) is 10.3 Å². The lowest BCUT2D eigenvalue weighted by Crippen LogP contribution is -2.23. The summed E-state index contributed by atoms with van der Waals surface area (Å²) in [6.07, 6.45) is 3.49. The molecule has 1 amide bonds. The molecule has 0 radical (unpaired) electrons. The Morgan fingerprint density at radius 1 is 1.50 bits per heavy atom. The van der Waals surface area contributed by atoms with Crippen LogP contribution in [0.4, 0.5) is 10.2 Å². The smallest absolute Gasteiger partial charge is 0.228 e. The van der Waals surface area contributed by atoms with Crippen LogP contribution < -0.4 is 11.1 Å². The molecule has 2 unspecified atom stereocenters. The highest BCUT2D eigenvalue weighted by molar-refractivity contribution is 5.91. The molecule has 5 heteroatoms. The molecule has 0 spiro atoms. The number of rotatable bonds is 2. The van der Waals surface area contributed by atoms with Crippen LogP contribution in [0.3, 0.4) is 0 Å². The second-order valence-corrected chi connectivity index (χ2v) is 4.12. The molecule has 0 bridgehead atoms. The molecule has 1 aromatic rings. The lowest BCUT2D eigenvalue weighted by Gasteiger charge is -2.09. The number of carbonyl (C=O) groups excluding carboxylic acids is 1. The molecule has 86 valence electrons. The van der Waals surface area contributed by atoms with Crippen molar-refractivity contribution in [2.45, 2.75) is 25.3 Å². The van der Waals surface area contributed by atoms with Gasteiger partial charge in [-0.1, -0.05) is 0 Å². The van der Waals surface area contributed by atoms with E-state index in [1.54, 1.807) is 0 Å². The minimum atomic E-state index is -0.416. The predicted molar refractivity (Wildman–Crippen MR) is 58.1 cm³/mol. The Morgan fingerprint density at radius 2 is 2.31 bits per heavy atom. The number of hydrogen-bond donors (Lipinski definition) is 2. The average Bonchev–Trinajstić information content (AvgIpc) is 2.68. The van der Waals surface area contributed by atoms with Gasteiger partial charge in [0, 0.05) is 12.0 Å². The van der Waals surface area contributed by atoms with E-state index in [1.807, 2.05) is 0 Å². The third kappa shape index (κ3) is 2.55. The Kier molecular flexibility index (Phi) is 3.14. The van der Waals surface area contributed by atoms with Crippen molar-refractivity contribution in [1.29, 1.82) is 0 Å². The average molecular weight is 223 g/mol. The van der Waals surface area contributed by atoms with Crippen LogP contribution in [0.2, 0.25) is 0 Å². The summed E-state index contributed by atoms with van der Waals surface area (Å²) in [5.41, 5.74) is 5.73. The standard InChI is InChI=1S/C11H14FN3O/c12-8-2-4-10(14-6-8)15-11(16)7-1-3-9(13)5-7/h2,4,6-7,9H,1,3,5,13H2,(H,14,15,16). The van der Waals surface area contributed by atoms with Crippen LogP contribution in [-0.4, -0.2) is 16.9 Å². The van der Waals surface area contributed by atoms with Gasteiger partial charge in [0.05, 0.1) is 6.20 Å². The molecule has 1 aliphatic carbocycles. The Labute approximate surface area is 93.1 Å². The van der Waals surface area contributed by atoms with Crippen LogP contribution in [0.15, 0.2) is 18.3 Å². The highest BCUT2D eigenvalue weighted by atomic mass is 19.1. The summed E-state index contributed by atoms with van der Waals surface area (Å²) in [6.45, 7) is 0. The molecule has 1 aromatic heterocycles. The van der Waals surface area contributed by atoms with Crippen LogP contribution in [-0.2, 0) is 4.79 Å². The quantitative estimate of drug-likeness (QED) is 0.793. The topological polar surface area (TPSA) is 68.0 Å². The summed E-state index contributed by atoms with van der Waals surface area (Å²) in [5, 5.41) is 2.66. The summed E-state index contributed by atoms with van der Waals surface area (Å²) in [7, 11) is 0. The highest BCUT2D eigenvalue weighted by Crippen LogP contribution is 2.25. The van der Waals surface area contributed by atoms with E-state index in [0.717, 1.165) is 19.0 Å². The zero-order chi connectivity index (χ0) is 11.5. The van der Waals surface area contributed by atoms with Gasteiger partial charge >= 0.3 is 0 Å². The third-order valence-corrected chi connectivity index (χ3v) is 2.82. The van der Waals surface area contributed by atoms with Crippen molar-refractivity contribution < 1.29 is 9.18 Å². The molecule has 0 saturated heterocycles. The number of pyridine rings is 1. The minimum Gasteiger partial charge on any atom is -0.328 e. The van der Waals surface area contributed by atoms with Gasteiger partial charge in [-0.3, -0.25) is 4.79 Å². The molecule has 3 N–H and O–H groups in total. The second kappa shape index (κ2) is 4.57. The number of nitrogens with one attached hydrogen (secondary N) is 1. The van der Waals surface area contributed by atoms with Crippen molar-refractivity contribution >= 4 is 11.7 Å². The van der Waals surface area contributed by atoms with Crippen LogP contribution in [0.1, 0.15) is 19.3 Å². The maximum atomic E-state index is 12.6. The Morgan fingerprint density at radius 3 is 2.88 bits per heavy atom. The van der Waals surface area contributed by atoms with E-state index in [1.165, 1.54) is 12.1 Å². The summed E-state index contributed by atoms with van der Waals surface area (Å²) < 4.78 is 12.6. The number of carbonyl (C=O) groups is 1. The van der Waals surface area contributed by atoms with Gasteiger partial charge in [0.15, 0.2) is 0 Å². The zero-order valence-electron chi connectivity index (χ0n) is 8.82. The fraction of sp³-hybridized carbons (Fsp3) is 0.455. The largest absolute Gasteiger partial charge is 0.328 e. The SMILES string of the molecule is NC1CCC(C(=O)Nc2ccc(F)cn2)C1. The van der Waals surface area contributed by atoms with Gasteiger partial charge in [-0.2, -0.15) is 0 Å². The minimum absolute atomic E-state index is 0.0400. The molecule has 2 rings (SSSR count). The van der Waals surface area contributed by atoms with E-state index >= 15 is 0 Å². The van der Waals surface area contributed by atoms with Crippen LogP contribution in [0, 0.1) is 11.7 Å². The van der Waals surface area contributed by atoms with E-state index < -0.39 is 5.82 Å². The molecule has 16 heavy (non-hydrogen) atoms. The first-order valence-electron chi connectivity index (χ1n) is 5.33. The first-order valence-corrected chi connectivity index (χ1v) is 5.33. The van der Waals surface area contributed by atoms with E-state index in [9.17, 15) is 9.18 Å². The molecule has 0 aromatic carbocycles. The number of halogens is 1. The number of nitrogens with two attached hydrogens (primary N) is 1. The van der Waals surface area contributed by atoms with Crippen LogP contribution in [0.25, 0.3) is 0 Å². The molecular weight excluding hydrogens is 209 g/mol. The predicted octanol–water partition coefficient (Wildman–Crippen LogP) is 1.29. The fourth-order valence-electron chi connectivity index (χ4n) is 1.93. The molecule has 2 atom stereocenters. The second-order valence-electron chi connectivity index (χ2n) is 4.12. The fourth-order valence-corrected chi connectivity index (χ4v) is 1.93. The molecule has 4 nitrogen and oxygen atoms in total. The Hall–Kier alpha value is -1.49. The lowest BCUT2D eigenvalue weighted by molar-refractivity contribution is -0.119. The van der Waals surface area contributed by atoms with Crippen LogP contribution >= 0.6 is 0 Å². The molecule has 1 fully saturated rings. The Balaban J connectivity index is 1.94. The van der Waals surface area contributed by atoms with Crippen molar-refractivity contribution in [3.8, 4) is 0 Å². The number of nitrogens with zero attached hydrogens (tertiary/aromatic N) is 1. The number of aromatic nitrogens is 1. The summed E-state index contributed by atoms with van der Waals surface area (Å²) in [6, 6.07) is 2.84.